The molecule has 0 saturated carbocycles. The van der Waals surface area contributed by atoms with Crippen molar-refractivity contribution in [3.8, 4) is 0 Å². The molecule has 55 heavy (non-hydrogen) atoms. The summed E-state index contributed by atoms with van der Waals surface area (Å²) in [7, 11) is 0. The van der Waals surface area contributed by atoms with Crippen LogP contribution < -0.4 is 0 Å². The van der Waals surface area contributed by atoms with Crippen molar-refractivity contribution in [2.24, 2.45) is 0 Å². The number of esters is 2. The molecular weight excluding hydrogens is 681 g/mol. The van der Waals surface area contributed by atoms with Gasteiger partial charge in [0.15, 0.2) is 6.10 Å². The zero-order valence-corrected chi connectivity index (χ0v) is 37.5. The summed E-state index contributed by atoms with van der Waals surface area (Å²) in [5.41, 5.74) is 0. The van der Waals surface area contributed by atoms with Crippen molar-refractivity contribution in [2.45, 2.75) is 296 Å². The molecule has 5 heteroatoms. The summed E-state index contributed by atoms with van der Waals surface area (Å²) in [6, 6.07) is 0. The molecular formula is C50H98O5. The summed E-state index contributed by atoms with van der Waals surface area (Å²) in [6.07, 6.45) is 54.9. The molecule has 5 nitrogen and oxygen atoms in total. The van der Waals surface area contributed by atoms with Crippen LogP contribution in [0.1, 0.15) is 290 Å². The second-order valence-corrected chi connectivity index (χ2v) is 17.3. The number of rotatable bonds is 47. The van der Waals surface area contributed by atoms with E-state index in [4.69, 9.17) is 9.47 Å². The Morgan fingerprint density at radius 3 is 0.800 bits per heavy atom. The Morgan fingerprint density at radius 2 is 0.564 bits per heavy atom. The molecule has 0 fully saturated rings. The molecule has 1 unspecified atom stereocenters. The molecule has 0 aromatic rings. The minimum absolute atomic E-state index is 0.0562. The molecule has 0 aliphatic rings. The zero-order valence-electron chi connectivity index (χ0n) is 37.5. The van der Waals surface area contributed by atoms with Crippen molar-refractivity contribution in [2.75, 3.05) is 13.2 Å². The molecule has 1 N–H and O–H groups in total. The van der Waals surface area contributed by atoms with Gasteiger partial charge in [0.05, 0.1) is 6.61 Å². The summed E-state index contributed by atoms with van der Waals surface area (Å²) >= 11 is 0. The fraction of sp³-hybridized carbons (Fsp3) is 0.960. The van der Waals surface area contributed by atoms with E-state index in [9.17, 15) is 14.7 Å². The molecule has 0 bridgehead atoms. The Morgan fingerprint density at radius 1 is 0.345 bits per heavy atom. The van der Waals surface area contributed by atoms with E-state index >= 15 is 0 Å². The van der Waals surface area contributed by atoms with Gasteiger partial charge in [0.2, 0.25) is 0 Å². The maximum atomic E-state index is 12.2. The lowest BCUT2D eigenvalue weighted by Gasteiger charge is -2.15. The van der Waals surface area contributed by atoms with Crippen LogP contribution >= 0.6 is 0 Å². The summed E-state index contributed by atoms with van der Waals surface area (Å²) < 4.78 is 10.7. The summed E-state index contributed by atoms with van der Waals surface area (Å²) in [5.74, 6) is -0.568. The molecule has 0 rings (SSSR count). The van der Waals surface area contributed by atoms with Gasteiger partial charge in [-0.15, -0.1) is 0 Å². The number of carbonyl (C=O) groups is 2. The van der Waals surface area contributed by atoms with Gasteiger partial charge in [-0.25, -0.2) is 0 Å². The van der Waals surface area contributed by atoms with Gasteiger partial charge < -0.3 is 14.6 Å². The van der Waals surface area contributed by atoms with Crippen LogP contribution in [0.3, 0.4) is 0 Å². The number of unbranched alkanes of at least 4 members (excludes halogenated alkanes) is 39. The third kappa shape index (κ3) is 45.5. The Bertz CT molecular complexity index is 754. The monoisotopic (exact) mass is 779 g/mol. The fourth-order valence-corrected chi connectivity index (χ4v) is 7.85. The maximum absolute atomic E-state index is 12.2. The summed E-state index contributed by atoms with van der Waals surface area (Å²) in [5, 5.41) is 9.61. The number of hydrogen-bond acceptors (Lipinski definition) is 5. The molecule has 0 aromatic carbocycles. The molecule has 0 saturated heterocycles. The second-order valence-electron chi connectivity index (χ2n) is 17.3. The highest BCUT2D eigenvalue weighted by atomic mass is 16.6. The lowest BCUT2D eigenvalue weighted by atomic mass is 10.0. The Hall–Kier alpha value is -1.10. The SMILES string of the molecule is CCCCCCCCCCCCCCCCCCCCCCCCCCCCC(=O)OC(CO)COC(=O)CCCCCCCCCCCCCCCCC. The first-order valence-corrected chi connectivity index (χ1v) is 25.1. The van der Waals surface area contributed by atoms with E-state index in [1.54, 1.807) is 0 Å². The molecule has 0 radical (unpaired) electrons. The second kappa shape index (κ2) is 47.3. The van der Waals surface area contributed by atoms with Gasteiger partial charge >= 0.3 is 11.9 Å². The third-order valence-electron chi connectivity index (χ3n) is 11.7. The minimum Gasteiger partial charge on any atom is -0.462 e. The first-order chi connectivity index (χ1) is 27.1. The van der Waals surface area contributed by atoms with Crippen LogP contribution in [0.5, 0.6) is 0 Å². The van der Waals surface area contributed by atoms with E-state index in [1.165, 1.54) is 231 Å². The quantitative estimate of drug-likeness (QED) is 0.0492. The Labute approximate surface area is 344 Å². The average molecular weight is 779 g/mol. The van der Waals surface area contributed by atoms with Gasteiger partial charge in [0, 0.05) is 12.8 Å². The zero-order chi connectivity index (χ0) is 40.0. The maximum Gasteiger partial charge on any atom is 0.306 e. The van der Waals surface area contributed by atoms with Gasteiger partial charge in [-0.05, 0) is 12.8 Å². The lowest BCUT2D eigenvalue weighted by molar-refractivity contribution is -0.161. The van der Waals surface area contributed by atoms with Crippen LogP contribution in [0.15, 0.2) is 0 Å². The highest BCUT2D eigenvalue weighted by Crippen LogP contribution is 2.17. The third-order valence-corrected chi connectivity index (χ3v) is 11.7. The minimum atomic E-state index is -0.762. The number of ether oxygens (including phenoxy) is 2. The normalized spacial score (nSPS) is 12.0. The van der Waals surface area contributed by atoms with Crippen LogP contribution in [-0.2, 0) is 19.1 Å². The van der Waals surface area contributed by atoms with Gasteiger partial charge in [0.25, 0.3) is 0 Å². The molecule has 328 valence electrons. The van der Waals surface area contributed by atoms with Gasteiger partial charge in [-0.1, -0.05) is 264 Å². The Balaban J connectivity index is 3.40. The molecule has 0 aliphatic carbocycles. The van der Waals surface area contributed by atoms with Gasteiger partial charge in [-0.2, -0.15) is 0 Å². The molecule has 0 heterocycles. The number of aliphatic hydroxyl groups excluding tert-OH is 1. The topological polar surface area (TPSA) is 72.8 Å². The molecule has 1 atom stereocenters. The molecule has 0 amide bonds. The predicted molar refractivity (Wildman–Crippen MR) is 238 cm³/mol. The van der Waals surface area contributed by atoms with Crippen LogP contribution in [-0.4, -0.2) is 36.4 Å². The van der Waals surface area contributed by atoms with Gasteiger partial charge in [-0.3, -0.25) is 9.59 Å². The van der Waals surface area contributed by atoms with E-state index in [0.717, 1.165) is 32.1 Å². The van der Waals surface area contributed by atoms with Crippen LogP contribution in [0.25, 0.3) is 0 Å². The largest absolute Gasteiger partial charge is 0.462 e. The van der Waals surface area contributed by atoms with Crippen LogP contribution in [0.4, 0.5) is 0 Å². The molecule has 0 aliphatic heterocycles. The highest BCUT2D eigenvalue weighted by molar-refractivity contribution is 5.70. The smallest absolute Gasteiger partial charge is 0.306 e. The van der Waals surface area contributed by atoms with Crippen molar-refractivity contribution in [3.63, 3.8) is 0 Å². The summed E-state index contributed by atoms with van der Waals surface area (Å²) in [4.78, 5) is 24.4. The standard InChI is InChI=1S/C50H98O5/c1-3-5-7-9-11-13-15-17-19-20-21-22-23-24-25-26-27-28-29-31-33-35-37-39-41-43-45-50(53)55-48(46-51)47-54-49(52)44-42-40-38-36-34-32-30-18-16-14-12-10-8-6-4-2/h48,51H,3-47H2,1-2H3. The molecule has 0 spiro atoms. The Kier molecular flexibility index (Phi) is 46.3. The van der Waals surface area contributed by atoms with Crippen molar-refractivity contribution >= 4 is 11.9 Å². The number of aliphatic hydroxyl groups is 1. The predicted octanol–water partition coefficient (Wildman–Crippen LogP) is 16.2. The average Bonchev–Trinajstić information content (AvgIpc) is 3.19. The molecule has 0 aromatic heterocycles. The lowest BCUT2D eigenvalue weighted by Crippen LogP contribution is -2.28. The highest BCUT2D eigenvalue weighted by Gasteiger charge is 2.16. The first-order valence-electron chi connectivity index (χ1n) is 25.1. The van der Waals surface area contributed by atoms with Gasteiger partial charge in [0.1, 0.15) is 6.61 Å². The van der Waals surface area contributed by atoms with Crippen LogP contribution in [0, 0.1) is 0 Å². The van der Waals surface area contributed by atoms with E-state index in [0.29, 0.717) is 12.8 Å². The fourth-order valence-electron chi connectivity index (χ4n) is 7.85. The number of carbonyl (C=O) groups excluding carboxylic acids is 2. The van der Waals surface area contributed by atoms with Crippen molar-refractivity contribution in [1.82, 2.24) is 0 Å². The summed E-state index contributed by atoms with van der Waals surface area (Å²) in [6.45, 7) is 4.19. The van der Waals surface area contributed by atoms with Crippen molar-refractivity contribution in [1.29, 1.82) is 0 Å². The van der Waals surface area contributed by atoms with Crippen molar-refractivity contribution in [3.05, 3.63) is 0 Å². The number of hydrogen-bond donors (Lipinski definition) is 1. The van der Waals surface area contributed by atoms with E-state index < -0.39 is 6.10 Å². The first kappa shape index (κ1) is 53.9. The van der Waals surface area contributed by atoms with E-state index in [2.05, 4.69) is 13.8 Å². The van der Waals surface area contributed by atoms with E-state index in [1.807, 2.05) is 0 Å². The van der Waals surface area contributed by atoms with E-state index in [-0.39, 0.29) is 25.2 Å². The van der Waals surface area contributed by atoms with Crippen molar-refractivity contribution < 1.29 is 24.2 Å². The van der Waals surface area contributed by atoms with Crippen LogP contribution in [0.2, 0.25) is 0 Å².